The van der Waals surface area contributed by atoms with Gasteiger partial charge in [0.05, 0.1) is 23.5 Å². The summed E-state index contributed by atoms with van der Waals surface area (Å²) in [6, 6.07) is 5.14. The standard InChI is InChI=1S/C15H17N5O2S/c1-16-13(9-7-17-20(2)8-9)14(21)19-15-18-11-5-4-10(22-3)6-12(11)23-15/h4-8,13,16H,1-3H3,(H,18,19,21). The van der Waals surface area contributed by atoms with E-state index in [1.165, 1.54) is 11.3 Å². The van der Waals surface area contributed by atoms with Crippen molar-refractivity contribution in [2.45, 2.75) is 6.04 Å². The van der Waals surface area contributed by atoms with Crippen LogP contribution in [0.5, 0.6) is 5.75 Å². The number of amides is 1. The minimum absolute atomic E-state index is 0.175. The maximum absolute atomic E-state index is 12.5. The maximum Gasteiger partial charge on any atom is 0.247 e. The van der Waals surface area contributed by atoms with Crippen LogP contribution in [0.4, 0.5) is 5.13 Å². The monoisotopic (exact) mass is 331 g/mol. The van der Waals surface area contributed by atoms with Crippen molar-refractivity contribution in [3.63, 3.8) is 0 Å². The zero-order valence-corrected chi connectivity index (χ0v) is 13.8. The molecule has 8 heteroatoms. The Morgan fingerprint density at radius 2 is 2.26 bits per heavy atom. The third-order valence-corrected chi connectivity index (χ3v) is 4.37. The van der Waals surface area contributed by atoms with Crippen molar-refractivity contribution in [1.29, 1.82) is 0 Å². The molecule has 3 rings (SSSR count). The number of anilines is 1. The molecule has 0 aliphatic heterocycles. The molecule has 0 radical (unpaired) electrons. The van der Waals surface area contributed by atoms with Crippen LogP contribution in [-0.2, 0) is 11.8 Å². The highest BCUT2D eigenvalue weighted by molar-refractivity contribution is 7.22. The number of nitrogens with one attached hydrogen (secondary N) is 2. The molecule has 2 N–H and O–H groups in total. The van der Waals surface area contributed by atoms with Crippen molar-refractivity contribution in [2.75, 3.05) is 19.5 Å². The molecule has 2 aromatic heterocycles. The van der Waals surface area contributed by atoms with Crippen molar-refractivity contribution in [1.82, 2.24) is 20.1 Å². The number of benzene rings is 1. The number of ether oxygens (including phenoxy) is 1. The van der Waals surface area contributed by atoms with E-state index < -0.39 is 6.04 Å². The Kier molecular flexibility index (Phi) is 4.26. The molecule has 1 atom stereocenters. The molecule has 0 aliphatic rings. The molecule has 7 nitrogen and oxygen atoms in total. The smallest absolute Gasteiger partial charge is 0.247 e. The van der Waals surface area contributed by atoms with Crippen molar-refractivity contribution in [3.05, 3.63) is 36.2 Å². The largest absolute Gasteiger partial charge is 0.497 e. The van der Waals surface area contributed by atoms with Crippen LogP contribution in [0.2, 0.25) is 0 Å². The van der Waals surface area contributed by atoms with Crippen LogP contribution in [-0.4, -0.2) is 34.8 Å². The molecule has 1 amide bonds. The lowest BCUT2D eigenvalue weighted by Gasteiger charge is -2.12. The second kappa shape index (κ2) is 6.35. The van der Waals surface area contributed by atoms with Gasteiger partial charge in [0.2, 0.25) is 5.91 Å². The van der Waals surface area contributed by atoms with Crippen LogP contribution < -0.4 is 15.4 Å². The van der Waals surface area contributed by atoms with Gasteiger partial charge in [0, 0.05) is 18.8 Å². The number of fused-ring (bicyclic) bond motifs is 1. The fraction of sp³-hybridized carbons (Fsp3) is 0.267. The normalized spacial score (nSPS) is 12.3. The number of carbonyl (C=O) groups excluding carboxylic acids is 1. The number of hydrogen-bond acceptors (Lipinski definition) is 6. The highest BCUT2D eigenvalue weighted by atomic mass is 32.1. The number of methoxy groups -OCH3 is 1. The molecule has 3 aromatic rings. The summed E-state index contributed by atoms with van der Waals surface area (Å²) in [6.07, 6.45) is 3.48. The highest BCUT2D eigenvalue weighted by Gasteiger charge is 2.21. The van der Waals surface area contributed by atoms with Crippen LogP contribution in [0, 0.1) is 0 Å². The van der Waals surface area contributed by atoms with Gasteiger partial charge in [0.1, 0.15) is 11.8 Å². The van der Waals surface area contributed by atoms with E-state index in [9.17, 15) is 4.79 Å². The summed E-state index contributed by atoms with van der Waals surface area (Å²) in [4.78, 5) is 16.9. The van der Waals surface area contributed by atoms with Gasteiger partial charge >= 0.3 is 0 Å². The van der Waals surface area contributed by atoms with Gasteiger partial charge in [-0.2, -0.15) is 5.10 Å². The number of aromatic nitrogens is 3. The van der Waals surface area contributed by atoms with E-state index in [1.54, 1.807) is 25.0 Å². The molecule has 1 aromatic carbocycles. The lowest BCUT2D eigenvalue weighted by molar-refractivity contribution is -0.118. The summed E-state index contributed by atoms with van der Waals surface area (Å²) in [5.41, 5.74) is 1.63. The van der Waals surface area contributed by atoms with Crippen LogP contribution in [0.3, 0.4) is 0 Å². The summed E-state index contributed by atoms with van der Waals surface area (Å²) in [5.74, 6) is 0.592. The van der Waals surface area contributed by atoms with Crippen molar-refractivity contribution in [2.24, 2.45) is 7.05 Å². The molecular formula is C15H17N5O2S. The Morgan fingerprint density at radius 1 is 1.43 bits per heavy atom. The summed E-state index contributed by atoms with van der Waals surface area (Å²) in [5, 5.41) is 10.5. The van der Waals surface area contributed by atoms with Gasteiger partial charge in [0.15, 0.2) is 5.13 Å². The van der Waals surface area contributed by atoms with E-state index >= 15 is 0 Å². The summed E-state index contributed by atoms with van der Waals surface area (Å²) in [7, 11) is 5.17. The van der Waals surface area contributed by atoms with E-state index in [0.29, 0.717) is 5.13 Å². The maximum atomic E-state index is 12.5. The first kappa shape index (κ1) is 15.4. The second-order valence-electron chi connectivity index (χ2n) is 5.01. The predicted octanol–water partition coefficient (Wildman–Crippen LogP) is 1.94. The molecule has 2 heterocycles. The molecule has 23 heavy (non-hydrogen) atoms. The number of nitrogens with zero attached hydrogens (tertiary/aromatic N) is 3. The second-order valence-corrected chi connectivity index (χ2v) is 6.04. The Balaban J connectivity index is 1.81. The Morgan fingerprint density at radius 3 is 2.91 bits per heavy atom. The zero-order chi connectivity index (χ0) is 16.4. The fourth-order valence-corrected chi connectivity index (χ4v) is 3.20. The van der Waals surface area contributed by atoms with Crippen LogP contribution in [0.15, 0.2) is 30.6 Å². The molecule has 0 saturated carbocycles. The third kappa shape index (κ3) is 3.17. The molecular weight excluding hydrogens is 314 g/mol. The SMILES string of the molecule is CNC(C(=O)Nc1nc2ccc(OC)cc2s1)c1cnn(C)c1. The van der Waals surface area contributed by atoms with E-state index in [1.807, 2.05) is 31.4 Å². The van der Waals surface area contributed by atoms with E-state index in [-0.39, 0.29) is 5.91 Å². The van der Waals surface area contributed by atoms with Crippen molar-refractivity contribution in [3.8, 4) is 5.75 Å². The van der Waals surface area contributed by atoms with Gasteiger partial charge in [-0.25, -0.2) is 4.98 Å². The average molecular weight is 331 g/mol. The van der Waals surface area contributed by atoms with Gasteiger partial charge < -0.3 is 15.4 Å². The molecule has 0 spiro atoms. The first-order valence-corrected chi connectivity index (χ1v) is 7.83. The lowest BCUT2D eigenvalue weighted by atomic mass is 10.1. The summed E-state index contributed by atoms with van der Waals surface area (Å²) in [6.45, 7) is 0. The molecule has 1 unspecified atom stereocenters. The van der Waals surface area contributed by atoms with Crippen LogP contribution in [0.1, 0.15) is 11.6 Å². The number of thiazole rings is 1. The predicted molar refractivity (Wildman–Crippen MR) is 89.8 cm³/mol. The molecule has 120 valence electrons. The molecule has 0 bridgehead atoms. The van der Waals surface area contributed by atoms with E-state index in [4.69, 9.17) is 4.74 Å². The van der Waals surface area contributed by atoms with Crippen LogP contribution >= 0.6 is 11.3 Å². The minimum Gasteiger partial charge on any atom is -0.497 e. The Hall–Kier alpha value is -2.45. The molecule has 0 saturated heterocycles. The van der Waals surface area contributed by atoms with Gasteiger partial charge in [-0.3, -0.25) is 9.48 Å². The first-order chi connectivity index (χ1) is 11.1. The number of aryl methyl sites for hydroxylation is 1. The van der Waals surface area contributed by atoms with Crippen molar-refractivity contribution < 1.29 is 9.53 Å². The summed E-state index contributed by atoms with van der Waals surface area (Å²) < 4.78 is 7.82. The topological polar surface area (TPSA) is 81.1 Å². The zero-order valence-electron chi connectivity index (χ0n) is 13.0. The van der Waals surface area contributed by atoms with Gasteiger partial charge in [0.25, 0.3) is 0 Å². The number of rotatable bonds is 5. The molecule has 0 aliphatic carbocycles. The van der Waals surface area contributed by atoms with Gasteiger partial charge in [-0.15, -0.1) is 0 Å². The van der Waals surface area contributed by atoms with E-state index in [0.717, 1.165) is 21.5 Å². The summed E-state index contributed by atoms with van der Waals surface area (Å²) >= 11 is 1.41. The average Bonchev–Trinajstić information content (AvgIpc) is 3.13. The fourth-order valence-electron chi connectivity index (χ4n) is 2.30. The number of carbonyl (C=O) groups is 1. The minimum atomic E-state index is -0.481. The first-order valence-electron chi connectivity index (χ1n) is 7.02. The highest BCUT2D eigenvalue weighted by Crippen LogP contribution is 2.29. The van der Waals surface area contributed by atoms with Crippen LogP contribution in [0.25, 0.3) is 10.2 Å². The Bertz CT molecular complexity index is 841. The Labute approximate surface area is 137 Å². The van der Waals surface area contributed by atoms with E-state index in [2.05, 4.69) is 20.7 Å². The number of likely N-dealkylation sites (N-methyl/N-ethyl adjacent to an activating group) is 1. The van der Waals surface area contributed by atoms with Gasteiger partial charge in [-0.1, -0.05) is 11.3 Å². The lowest BCUT2D eigenvalue weighted by Crippen LogP contribution is -2.30. The quantitative estimate of drug-likeness (QED) is 0.747. The van der Waals surface area contributed by atoms with Gasteiger partial charge in [-0.05, 0) is 25.2 Å². The number of hydrogen-bond donors (Lipinski definition) is 2. The van der Waals surface area contributed by atoms with Crippen molar-refractivity contribution >= 4 is 32.6 Å². The third-order valence-electron chi connectivity index (χ3n) is 3.43. The molecule has 0 fully saturated rings.